The van der Waals surface area contributed by atoms with Crippen molar-refractivity contribution in [3.05, 3.63) is 77.4 Å². The summed E-state index contributed by atoms with van der Waals surface area (Å²) in [6, 6.07) is 20.6. The quantitative estimate of drug-likeness (QED) is 0.584. The summed E-state index contributed by atoms with van der Waals surface area (Å²) >= 11 is 0. The van der Waals surface area contributed by atoms with Crippen LogP contribution in [0.1, 0.15) is 29.5 Å². The highest BCUT2D eigenvalue weighted by Gasteiger charge is 2.10. The third-order valence-electron chi connectivity index (χ3n) is 4.95. The first-order valence-electron chi connectivity index (χ1n) is 9.48. The number of benzene rings is 3. The van der Waals surface area contributed by atoms with Crippen LogP contribution in [0.3, 0.4) is 0 Å². The summed E-state index contributed by atoms with van der Waals surface area (Å²) in [6.07, 6.45) is 1.17. The fourth-order valence-electron chi connectivity index (χ4n) is 3.48. The van der Waals surface area contributed by atoms with Crippen LogP contribution in [0, 0.1) is 0 Å². The first kappa shape index (κ1) is 20.2. The summed E-state index contributed by atoms with van der Waals surface area (Å²) < 4.78 is 5.90. The largest absolute Gasteiger partial charge is 0.493 e. The summed E-state index contributed by atoms with van der Waals surface area (Å²) in [5, 5.41) is 8.61. The molecule has 0 saturated heterocycles. The van der Waals surface area contributed by atoms with Crippen molar-refractivity contribution in [2.45, 2.75) is 32.5 Å². The zero-order valence-electron chi connectivity index (χ0n) is 15.7. The maximum Gasteiger partial charge on any atom is 0.220 e. The van der Waals surface area contributed by atoms with E-state index >= 15 is 0 Å². The predicted molar refractivity (Wildman–Crippen MR) is 115 cm³/mol. The molecule has 0 unspecified atom stereocenters. The van der Waals surface area contributed by atoms with Gasteiger partial charge in [-0.15, -0.1) is 12.4 Å². The molecule has 0 aromatic heterocycles. The van der Waals surface area contributed by atoms with Gasteiger partial charge in [0.1, 0.15) is 5.75 Å². The Morgan fingerprint density at radius 3 is 2.75 bits per heavy atom. The van der Waals surface area contributed by atoms with Gasteiger partial charge in [-0.1, -0.05) is 54.6 Å². The van der Waals surface area contributed by atoms with Crippen molar-refractivity contribution in [2.75, 3.05) is 6.61 Å². The summed E-state index contributed by atoms with van der Waals surface area (Å²) in [6.45, 7) is 2.98. The number of fused-ring (bicyclic) bond motifs is 2. The molecule has 3 aromatic carbocycles. The zero-order chi connectivity index (χ0) is 18.5. The van der Waals surface area contributed by atoms with Crippen LogP contribution in [0.2, 0.25) is 0 Å². The number of hydrogen-bond acceptors (Lipinski definition) is 3. The number of carbonyl (C=O) groups is 1. The van der Waals surface area contributed by atoms with Crippen LogP contribution < -0.4 is 15.4 Å². The third kappa shape index (κ3) is 4.83. The fourth-order valence-corrected chi connectivity index (χ4v) is 3.48. The lowest BCUT2D eigenvalue weighted by Crippen LogP contribution is -2.23. The molecule has 0 aliphatic carbocycles. The van der Waals surface area contributed by atoms with Gasteiger partial charge in [-0.3, -0.25) is 4.79 Å². The molecular weight excluding hydrogens is 372 g/mol. The zero-order valence-corrected chi connectivity index (χ0v) is 16.6. The van der Waals surface area contributed by atoms with E-state index in [9.17, 15) is 4.79 Å². The molecule has 0 atom stereocenters. The summed E-state index contributed by atoms with van der Waals surface area (Å²) in [7, 11) is 0. The molecule has 4 rings (SSSR count). The number of rotatable bonds is 7. The second-order valence-electron chi connectivity index (χ2n) is 6.91. The predicted octanol–water partition coefficient (Wildman–Crippen LogP) is 4.34. The highest BCUT2D eigenvalue weighted by molar-refractivity contribution is 5.88. The SMILES string of the molecule is Cl.O=C(CCCOc1cccc2ccccc12)NCc1ccc2c(c1)CNC2. The number of hydrogen-bond donors (Lipinski definition) is 2. The Morgan fingerprint density at radius 2 is 1.82 bits per heavy atom. The number of halogens is 1. The van der Waals surface area contributed by atoms with Crippen molar-refractivity contribution in [1.29, 1.82) is 0 Å². The molecule has 0 bridgehead atoms. The minimum Gasteiger partial charge on any atom is -0.493 e. The second-order valence-corrected chi connectivity index (χ2v) is 6.91. The van der Waals surface area contributed by atoms with Crippen molar-refractivity contribution < 1.29 is 9.53 Å². The van der Waals surface area contributed by atoms with Gasteiger partial charge in [0, 0.05) is 31.4 Å². The lowest BCUT2D eigenvalue weighted by atomic mass is 10.1. The van der Waals surface area contributed by atoms with Crippen LogP contribution in [-0.2, 0) is 24.4 Å². The molecule has 1 amide bonds. The summed E-state index contributed by atoms with van der Waals surface area (Å²) in [5.74, 6) is 0.940. The Kier molecular flexibility index (Phi) is 6.90. The van der Waals surface area contributed by atoms with Crippen LogP contribution >= 0.6 is 12.4 Å². The topological polar surface area (TPSA) is 50.4 Å². The van der Waals surface area contributed by atoms with Crippen LogP contribution in [-0.4, -0.2) is 12.5 Å². The Bertz CT molecular complexity index is 953. The van der Waals surface area contributed by atoms with Crippen molar-refractivity contribution >= 4 is 29.1 Å². The molecule has 1 aliphatic rings. The van der Waals surface area contributed by atoms with Gasteiger partial charge < -0.3 is 15.4 Å². The van der Waals surface area contributed by atoms with Crippen molar-refractivity contribution in [3.8, 4) is 5.75 Å². The van der Waals surface area contributed by atoms with Crippen molar-refractivity contribution in [2.24, 2.45) is 0 Å². The van der Waals surface area contributed by atoms with Crippen LogP contribution in [0.4, 0.5) is 0 Å². The third-order valence-corrected chi connectivity index (χ3v) is 4.95. The minimum absolute atomic E-state index is 0. The number of amides is 1. The van der Waals surface area contributed by atoms with Gasteiger partial charge in [0.2, 0.25) is 5.91 Å². The van der Waals surface area contributed by atoms with E-state index in [1.165, 1.54) is 11.1 Å². The van der Waals surface area contributed by atoms with E-state index in [1.807, 2.05) is 24.3 Å². The van der Waals surface area contributed by atoms with Crippen molar-refractivity contribution in [1.82, 2.24) is 10.6 Å². The minimum atomic E-state index is 0. The molecule has 2 N–H and O–H groups in total. The average molecular weight is 397 g/mol. The van der Waals surface area contributed by atoms with E-state index < -0.39 is 0 Å². The second kappa shape index (κ2) is 9.58. The molecule has 146 valence electrons. The Labute approximate surface area is 171 Å². The van der Waals surface area contributed by atoms with Gasteiger partial charge in [0.05, 0.1) is 6.61 Å². The highest BCUT2D eigenvalue weighted by atomic mass is 35.5. The number of ether oxygens (including phenoxy) is 1. The molecule has 1 heterocycles. The maximum atomic E-state index is 12.1. The van der Waals surface area contributed by atoms with Gasteiger partial charge in [0.25, 0.3) is 0 Å². The standard InChI is InChI=1S/C23H24N2O2.ClH/c26-23(25-14-17-10-11-19-15-24-16-20(19)13-17)9-4-12-27-22-8-3-6-18-5-1-2-7-21(18)22;/h1-3,5-8,10-11,13,24H,4,9,12,14-16H2,(H,25,26);1H. The van der Waals surface area contributed by atoms with Gasteiger partial charge in [-0.05, 0) is 34.6 Å². The first-order chi connectivity index (χ1) is 13.3. The van der Waals surface area contributed by atoms with E-state index in [4.69, 9.17) is 4.74 Å². The van der Waals surface area contributed by atoms with Crippen LogP contribution in [0.5, 0.6) is 5.75 Å². The molecule has 1 aliphatic heterocycles. The van der Waals surface area contributed by atoms with E-state index in [1.54, 1.807) is 0 Å². The molecule has 4 nitrogen and oxygen atoms in total. The smallest absolute Gasteiger partial charge is 0.220 e. The Morgan fingerprint density at radius 1 is 1.00 bits per heavy atom. The maximum absolute atomic E-state index is 12.1. The van der Waals surface area contributed by atoms with Crippen LogP contribution in [0.15, 0.2) is 60.7 Å². The monoisotopic (exact) mass is 396 g/mol. The van der Waals surface area contributed by atoms with E-state index in [0.29, 0.717) is 26.0 Å². The lowest BCUT2D eigenvalue weighted by Gasteiger charge is -2.10. The summed E-state index contributed by atoms with van der Waals surface area (Å²) in [4.78, 5) is 12.1. The highest BCUT2D eigenvalue weighted by Crippen LogP contribution is 2.25. The fraction of sp³-hybridized carbons (Fsp3) is 0.261. The van der Waals surface area contributed by atoms with Crippen molar-refractivity contribution in [3.63, 3.8) is 0 Å². The van der Waals surface area contributed by atoms with E-state index in [-0.39, 0.29) is 18.3 Å². The molecule has 3 aromatic rings. The van der Waals surface area contributed by atoms with E-state index in [0.717, 1.165) is 35.2 Å². The molecule has 0 fully saturated rings. The molecule has 28 heavy (non-hydrogen) atoms. The first-order valence-corrected chi connectivity index (χ1v) is 9.48. The average Bonchev–Trinajstić information content (AvgIpc) is 3.17. The van der Waals surface area contributed by atoms with Crippen LogP contribution in [0.25, 0.3) is 10.8 Å². The Hall–Kier alpha value is -2.56. The molecule has 5 heteroatoms. The molecule has 0 saturated carbocycles. The lowest BCUT2D eigenvalue weighted by molar-refractivity contribution is -0.121. The number of nitrogens with one attached hydrogen (secondary N) is 2. The van der Waals surface area contributed by atoms with Gasteiger partial charge in [-0.25, -0.2) is 0 Å². The number of carbonyl (C=O) groups excluding carboxylic acids is 1. The Balaban J connectivity index is 0.00000225. The normalized spacial score (nSPS) is 12.3. The molecule has 0 radical (unpaired) electrons. The van der Waals surface area contributed by atoms with Gasteiger partial charge in [0.15, 0.2) is 0 Å². The van der Waals surface area contributed by atoms with E-state index in [2.05, 4.69) is 47.0 Å². The van der Waals surface area contributed by atoms with Gasteiger partial charge in [-0.2, -0.15) is 0 Å². The van der Waals surface area contributed by atoms with Gasteiger partial charge >= 0.3 is 0 Å². The summed E-state index contributed by atoms with van der Waals surface area (Å²) in [5.41, 5.74) is 3.85. The molecule has 0 spiro atoms. The molecular formula is C23H25ClN2O2.